The second-order valence-electron chi connectivity index (χ2n) is 6.76. The fraction of sp³-hybridized carbons (Fsp3) is 0.0870. The topological polar surface area (TPSA) is 105 Å². The predicted molar refractivity (Wildman–Crippen MR) is 121 cm³/mol. The summed E-state index contributed by atoms with van der Waals surface area (Å²) in [6, 6.07) is 18.7. The van der Waals surface area contributed by atoms with Gasteiger partial charge < -0.3 is 4.74 Å². The molecule has 0 fully saturated rings. The van der Waals surface area contributed by atoms with E-state index in [1.807, 2.05) is 0 Å². The predicted octanol–water partition coefficient (Wildman–Crippen LogP) is 3.10. The van der Waals surface area contributed by atoms with Crippen molar-refractivity contribution < 1.29 is 27.1 Å². The van der Waals surface area contributed by atoms with E-state index in [2.05, 4.69) is 10.5 Å². The Morgan fingerprint density at radius 2 is 1.64 bits per heavy atom. The molecule has 0 aliphatic heterocycles. The van der Waals surface area contributed by atoms with Crippen LogP contribution < -0.4 is 14.5 Å². The maximum absolute atomic E-state index is 13.4. The molecule has 10 heteroatoms. The van der Waals surface area contributed by atoms with Gasteiger partial charge in [-0.15, -0.1) is 0 Å². The molecule has 0 atom stereocenters. The number of halogens is 1. The number of rotatable bonds is 8. The third-order valence-corrected chi connectivity index (χ3v) is 6.07. The molecule has 0 unspecified atom stereocenters. The van der Waals surface area contributed by atoms with Crippen LogP contribution in [-0.2, 0) is 19.6 Å². The lowest BCUT2D eigenvalue weighted by molar-refractivity contribution is -0.131. The van der Waals surface area contributed by atoms with Crippen molar-refractivity contribution >= 4 is 33.8 Å². The van der Waals surface area contributed by atoms with Crippen molar-refractivity contribution in [2.45, 2.75) is 11.8 Å². The van der Waals surface area contributed by atoms with Crippen molar-refractivity contribution in [3.05, 3.63) is 90.2 Å². The fourth-order valence-electron chi connectivity index (χ4n) is 2.77. The van der Waals surface area contributed by atoms with Crippen molar-refractivity contribution in [1.29, 1.82) is 0 Å². The highest BCUT2D eigenvalue weighted by molar-refractivity contribution is 7.92. The van der Waals surface area contributed by atoms with Gasteiger partial charge in [0, 0.05) is 6.92 Å². The van der Waals surface area contributed by atoms with Crippen LogP contribution in [0.25, 0.3) is 0 Å². The molecule has 3 aromatic carbocycles. The number of hydrogen-bond acceptors (Lipinski definition) is 6. The summed E-state index contributed by atoms with van der Waals surface area (Å²) in [6.45, 7) is 0.712. The Hall–Kier alpha value is -4.05. The number of carbonyl (C=O) groups excluding carboxylic acids is 2. The Kier molecular flexibility index (Phi) is 7.52. The maximum atomic E-state index is 13.4. The van der Waals surface area contributed by atoms with Gasteiger partial charge in [0.05, 0.1) is 16.8 Å². The van der Waals surface area contributed by atoms with E-state index in [4.69, 9.17) is 4.74 Å². The number of hydrogen-bond donors (Lipinski definition) is 1. The first-order valence-electron chi connectivity index (χ1n) is 9.69. The third kappa shape index (κ3) is 6.47. The van der Waals surface area contributed by atoms with E-state index in [1.165, 1.54) is 37.4 Å². The highest BCUT2D eigenvalue weighted by Crippen LogP contribution is 2.23. The van der Waals surface area contributed by atoms with E-state index in [0.29, 0.717) is 11.3 Å². The van der Waals surface area contributed by atoms with E-state index < -0.39 is 34.3 Å². The average molecular weight is 469 g/mol. The molecule has 1 amide bonds. The molecule has 0 bridgehead atoms. The molecule has 0 spiro atoms. The lowest BCUT2D eigenvalue weighted by Gasteiger charge is -2.23. The Balaban J connectivity index is 1.74. The van der Waals surface area contributed by atoms with E-state index in [0.717, 1.165) is 16.4 Å². The van der Waals surface area contributed by atoms with E-state index >= 15 is 0 Å². The molecule has 0 aromatic heterocycles. The Morgan fingerprint density at radius 1 is 1.00 bits per heavy atom. The Labute approximate surface area is 190 Å². The number of carbonyl (C=O) groups is 2. The largest absolute Gasteiger partial charge is 0.427 e. The lowest BCUT2D eigenvalue weighted by Crippen LogP contribution is -2.39. The number of esters is 1. The van der Waals surface area contributed by atoms with Gasteiger partial charge >= 0.3 is 5.97 Å². The molecular weight excluding hydrogens is 449 g/mol. The normalized spacial score (nSPS) is 11.2. The minimum atomic E-state index is -4.10. The van der Waals surface area contributed by atoms with Crippen LogP contribution in [0.3, 0.4) is 0 Å². The van der Waals surface area contributed by atoms with Crippen molar-refractivity contribution in [3.63, 3.8) is 0 Å². The zero-order valence-electron chi connectivity index (χ0n) is 17.5. The zero-order valence-corrected chi connectivity index (χ0v) is 18.3. The molecule has 3 rings (SSSR count). The van der Waals surface area contributed by atoms with Gasteiger partial charge in [-0.25, -0.2) is 18.2 Å². The van der Waals surface area contributed by atoms with Gasteiger partial charge in [0.25, 0.3) is 15.9 Å². The number of anilines is 1. The summed E-state index contributed by atoms with van der Waals surface area (Å²) in [7, 11) is -4.10. The average Bonchev–Trinajstić information content (AvgIpc) is 2.79. The summed E-state index contributed by atoms with van der Waals surface area (Å²) < 4.78 is 45.4. The van der Waals surface area contributed by atoms with Crippen molar-refractivity contribution in [2.75, 3.05) is 10.8 Å². The molecule has 0 aliphatic carbocycles. The minimum Gasteiger partial charge on any atom is -0.427 e. The number of ether oxygens (including phenoxy) is 1. The number of nitrogens with zero attached hydrogens (tertiary/aromatic N) is 2. The summed E-state index contributed by atoms with van der Waals surface area (Å²) in [5.41, 5.74) is 3.01. The van der Waals surface area contributed by atoms with Gasteiger partial charge in [-0.2, -0.15) is 5.10 Å². The monoisotopic (exact) mass is 469 g/mol. The van der Waals surface area contributed by atoms with Gasteiger partial charge in [-0.3, -0.25) is 13.9 Å². The summed E-state index contributed by atoms with van der Waals surface area (Å²) in [5, 5.41) is 3.83. The molecular formula is C23H20FN3O5S. The first kappa shape index (κ1) is 23.6. The van der Waals surface area contributed by atoms with Crippen molar-refractivity contribution in [1.82, 2.24) is 5.43 Å². The van der Waals surface area contributed by atoms with Crippen LogP contribution in [0.5, 0.6) is 5.75 Å². The van der Waals surface area contributed by atoms with Crippen molar-refractivity contribution in [3.8, 4) is 5.75 Å². The summed E-state index contributed by atoms with van der Waals surface area (Å²) in [6.07, 6.45) is 1.35. The van der Waals surface area contributed by atoms with Crippen LogP contribution in [0, 0.1) is 5.82 Å². The van der Waals surface area contributed by atoms with Crippen LogP contribution in [-0.4, -0.2) is 33.1 Å². The number of nitrogens with one attached hydrogen (secondary N) is 1. The molecule has 170 valence electrons. The number of benzene rings is 3. The highest BCUT2D eigenvalue weighted by Gasteiger charge is 2.27. The number of sulfonamides is 1. The van der Waals surface area contributed by atoms with Crippen LogP contribution in [0.4, 0.5) is 10.1 Å². The van der Waals surface area contributed by atoms with E-state index in [-0.39, 0.29) is 10.6 Å². The van der Waals surface area contributed by atoms with Gasteiger partial charge in [-0.05, 0) is 66.2 Å². The van der Waals surface area contributed by atoms with E-state index in [9.17, 15) is 22.4 Å². The van der Waals surface area contributed by atoms with Gasteiger partial charge in [0.15, 0.2) is 0 Å². The van der Waals surface area contributed by atoms with Crippen molar-refractivity contribution in [2.24, 2.45) is 5.10 Å². The fourth-order valence-corrected chi connectivity index (χ4v) is 4.22. The minimum absolute atomic E-state index is 0.0153. The number of hydrazone groups is 1. The van der Waals surface area contributed by atoms with Gasteiger partial charge in [-0.1, -0.05) is 18.2 Å². The first-order valence-corrected chi connectivity index (χ1v) is 11.1. The van der Waals surface area contributed by atoms with Crippen LogP contribution in [0.15, 0.2) is 88.9 Å². The summed E-state index contributed by atoms with van der Waals surface area (Å²) >= 11 is 0. The van der Waals surface area contributed by atoms with Gasteiger partial charge in [0.1, 0.15) is 18.1 Å². The Bertz CT molecular complexity index is 1250. The molecule has 0 radical (unpaired) electrons. The zero-order chi connectivity index (χ0) is 23.8. The molecule has 8 nitrogen and oxygen atoms in total. The summed E-state index contributed by atoms with van der Waals surface area (Å²) in [5.74, 6) is -1.32. The van der Waals surface area contributed by atoms with Gasteiger partial charge in [0.2, 0.25) is 0 Å². The number of amides is 1. The molecule has 33 heavy (non-hydrogen) atoms. The molecule has 1 N–H and O–H groups in total. The van der Waals surface area contributed by atoms with E-state index in [1.54, 1.807) is 42.5 Å². The Morgan fingerprint density at radius 3 is 2.24 bits per heavy atom. The second kappa shape index (κ2) is 10.5. The quantitative estimate of drug-likeness (QED) is 0.236. The molecule has 0 aliphatic rings. The molecule has 3 aromatic rings. The lowest BCUT2D eigenvalue weighted by atomic mass is 10.2. The molecule has 0 heterocycles. The first-order chi connectivity index (χ1) is 15.8. The third-order valence-electron chi connectivity index (χ3n) is 4.28. The second-order valence-corrected chi connectivity index (χ2v) is 8.62. The van der Waals surface area contributed by atoms with Crippen LogP contribution in [0.2, 0.25) is 0 Å². The summed E-state index contributed by atoms with van der Waals surface area (Å²) in [4.78, 5) is 23.4. The van der Waals surface area contributed by atoms with Crippen LogP contribution in [0.1, 0.15) is 12.5 Å². The standard InChI is InChI=1S/C23H20FN3O5S/c1-17(28)32-21-13-7-18(8-14-21)15-25-26-23(29)16-27(20-11-9-19(24)10-12-20)33(30,31)22-5-3-2-4-6-22/h2-15H,16H2,1H3,(H,26,29)/b25-15-. The smallest absolute Gasteiger partial charge is 0.308 e. The maximum Gasteiger partial charge on any atom is 0.308 e. The SMILES string of the molecule is CC(=O)Oc1ccc(/C=N\NC(=O)CN(c2ccc(F)cc2)S(=O)(=O)c2ccccc2)cc1. The van der Waals surface area contributed by atoms with Crippen LogP contribution >= 0.6 is 0 Å². The molecule has 0 saturated heterocycles. The molecule has 0 saturated carbocycles. The highest BCUT2D eigenvalue weighted by atomic mass is 32.2.